The topological polar surface area (TPSA) is 85.5 Å². The Labute approximate surface area is 182 Å². The van der Waals surface area contributed by atoms with Gasteiger partial charge >= 0.3 is 6.03 Å². The molecule has 0 unspecified atom stereocenters. The number of nitrogens with one attached hydrogen (secondary N) is 3. The summed E-state index contributed by atoms with van der Waals surface area (Å²) in [5.41, 5.74) is 2.72. The van der Waals surface area contributed by atoms with Crippen molar-refractivity contribution in [3.8, 4) is 16.9 Å². The number of anilines is 1. The second-order valence-corrected chi connectivity index (χ2v) is 7.65. The van der Waals surface area contributed by atoms with Crippen molar-refractivity contribution >= 4 is 22.9 Å². The van der Waals surface area contributed by atoms with Crippen LogP contribution in [0.1, 0.15) is 6.92 Å². The van der Waals surface area contributed by atoms with Crippen molar-refractivity contribution in [3.05, 3.63) is 42.6 Å². The lowest BCUT2D eigenvalue weighted by Gasteiger charge is -2.33. The Hall–Kier alpha value is -3.10. The minimum absolute atomic E-state index is 0.240. The van der Waals surface area contributed by atoms with Gasteiger partial charge in [0, 0.05) is 62.0 Å². The number of rotatable bonds is 7. The number of amides is 2. The van der Waals surface area contributed by atoms with Gasteiger partial charge in [0.1, 0.15) is 17.2 Å². The van der Waals surface area contributed by atoms with Crippen molar-refractivity contribution in [1.82, 2.24) is 25.1 Å². The maximum absolute atomic E-state index is 12.3. The molecule has 31 heavy (non-hydrogen) atoms. The summed E-state index contributed by atoms with van der Waals surface area (Å²) in [7, 11) is 1.66. The molecule has 1 aliphatic rings. The third kappa shape index (κ3) is 4.98. The van der Waals surface area contributed by atoms with Crippen LogP contribution in [-0.4, -0.2) is 78.7 Å². The summed E-state index contributed by atoms with van der Waals surface area (Å²) >= 11 is 0. The Morgan fingerprint density at radius 1 is 1.10 bits per heavy atom. The summed E-state index contributed by atoms with van der Waals surface area (Å²) in [6, 6.07) is 11.4. The highest BCUT2D eigenvalue weighted by atomic mass is 16.5. The molecule has 2 aromatic heterocycles. The van der Waals surface area contributed by atoms with Crippen LogP contribution in [0.3, 0.4) is 0 Å². The number of H-pyrrole nitrogens is 1. The van der Waals surface area contributed by atoms with Gasteiger partial charge in [-0.25, -0.2) is 9.78 Å². The second kappa shape index (κ2) is 9.80. The van der Waals surface area contributed by atoms with E-state index in [0.29, 0.717) is 18.0 Å². The number of aromatic amines is 1. The number of methoxy groups -OCH3 is 1. The molecule has 3 aromatic rings. The number of urea groups is 1. The lowest BCUT2D eigenvalue weighted by Crippen LogP contribution is -2.48. The number of ether oxygens (including phenoxy) is 1. The predicted molar refractivity (Wildman–Crippen MR) is 124 cm³/mol. The van der Waals surface area contributed by atoms with E-state index in [1.165, 1.54) is 0 Å². The SMILES string of the molecule is CCN1CCN(CCNC(=O)Nc2ccc3c(-c4ccccc4OC)c[nH]c3n2)CC1. The molecule has 3 heterocycles. The van der Waals surface area contributed by atoms with Gasteiger partial charge < -0.3 is 19.9 Å². The summed E-state index contributed by atoms with van der Waals surface area (Å²) < 4.78 is 5.48. The Morgan fingerprint density at radius 3 is 2.65 bits per heavy atom. The first kappa shape index (κ1) is 21.1. The van der Waals surface area contributed by atoms with Gasteiger partial charge in [-0.3, -0.25) is 10.2 Å². The minimum atomic E-state index is -0.240. The van der Waals surface area contributed by atoms with Crippen LogP contribution in [0.2, 0.25) is 0 Å². The van der Waals surface area contributed by atoms with Gasteiger partial charge in [0.05, 0.1) is 7.11 Å². The molecule has 8 heteroatoms. The number of aromatic nitrogens is 2. The van der Waals surface area contributed by atoms with E-state index in [9.17, 15) is 4.79 Å². The quantitative estimate of drug-likeness (QED) is 0.545. The molecule has 1 saturated heterocycles. The first-order valence-corrected chi connectivity index (χ1v) is 10.8. The molecule has 4 rings (SSSR count). The average molecular weight is 423 g/mol. The van der Waals surface area contributed by atoms with Crippen LogP contribution < -0.4 is 15.4 Å². The molecule has 3 N–H and O–H groups in total. The molecule has 0 aliphatic carbocycles. The van der Waals surface area contributed by atoms with Crippen LogP contribution in [0.4, 0.5) is 10.6 Å². The van der Waals surface area contributed by atoms with Crippen molar-refractivity contribution in [2.24, 2.45) is 0 Å². The highest BCUT2D eigenvalue weighted by Gasteiger charge is 2.15. The van der Waals surface area contributed by atoms with Gasteiger partial charge in [0.2, 0.25) is 0 Å². The first-order chi connectivity index (χ1) is 15.2. The molecule has 1 aromatic carbocycles. The van der Waals surface area contributed by atoms with Gasteiger partial charge in [0.25, 0.3) is 0 Å². The Morgan fingerprint density at radius 2 is 1.87 bits per heavy atom. The molecular formula is C23H30N6O2. The number of carbonyl (C=O) groups is 1. The van der Waals surface area contributed by atoms with E-state index >= 15 is 0 Å². The summed E-state index contributed by atoms with van der Waals surface area (Å²) in [5, 5.41) is 6.73. The van der Waals surface area contributed by atoms with Crippen molar-refractivity contribution in [1.29, 1.82) is 0 Å². The number of carbonyl (C=O) groups excluding carboxylic acids is 1. The van der Waals surface area contributed by atoms with E-state index < -0.39 is 0 Å². The number of benzene rings is 1. The van der Waals surface area contributed by atoms with E-state index in [0.717, 1.165) is 61.5 Å². The third-order valence-corrected chi connectivity index (χ3v) is 5.80. The molecule has 2 amide bonds. The highest BCUT2D eigenvalue weighted by Crippen LogP contribution is 2.34. The van der Waals surface area contributed by atoms with Gasteiger partial charge in [-0.2, -0.15) is 0 Å². The monoisotopic (exact) mass is 422 g/mol. The number of pyridine rings is 1. The van der Waals surface area contributed by atoms with E-state index in [1.807, 2.05) is 42.6 Å². The van der Waals surface area contributed by atoms with Crippen molar-refractivity contribution in [3.63, 3.8) is 0 Å². The number of likely N-dealkylation sites (N-methyl/N-ethyl adjacent to an activating group) is 1. The highest BCUT2D eigenvalue weighted by molar-refractivity contribution is 5.97. The molecule has 0 spiro atoms. The van der Waals surface area contributed by atoms with Gasteiger partial charge in [-0.1, -0.05) is 25.1 Å². The maximum Gasteiger partial charge on any atom is 0.320 e. The zero-order valence-corrected chi connectivity index (χ0v) is 18.1. The predicted octanol–water partition coefficient (Wildman–Crippen LogP) is 3.00. The summed E-state index contributed by atoms with van der Waals surface area (Å²) in [4.78, 5) is 24.9. The fraction of sp³-hybridized carbons (Fsp3) is 0.391. The summed E-state index contributed by atoms with van der Waals surface area (Å²) in [6.07, 6.45) is 1.91. The molecule has 164 valence electrons. The largest absolute Gasteiger partial charge is 0.496 e. The number of para-hydroxylation sites is 1. The van der Waals surface area contributed by atoms with Gasteiger partial charge in [-0.05, 0) is 24.7 Å². The summed E-state index contributed by atoms with van der Waals surface area (Å²) in [5.74, 6) is 1.32. The van der Waals surface area contributed by atoms with E-state index in [2.05, 4.69) is 37.3 Å². The fourth-order valence-electron chi connectivity index (χ4n) is 3.98. The summed E-state index contributed by atoms with van der Waals surface area (Å²) in [6.45, 7) is 9.07. The Balaban J connectivity index is 1.33. The minimum Gasteiger partial charge on any atom is -0.496 e. The lowest BCUT2D eigenvalue weighted by atomic mass is 10.0. The number of hydrogen-bond donors (Lipinski definition) is 3. The normalized spacial score (nSPS) is 15.2. The third-order valence-electron chi connectivity index (χ3n) is 5.80. The fourth-order valence-corrected chi connectivity index (χ4v) is 3.98. The van der Waals surface area contributed by atoms with Crippen LogP contribution in [0.15, 0.2) is 42.6 Å². The van der Waals surface area contributed by atoms with E-state index in [4.69, 9.17) is 4.74 Å². The Bertz CT molecular complexity index is 1030. The van der Waals surface area contributed by atoms with Crippen molar-refractivity contribution < 1.29 is 9.53 Å². The molecule has 1 fully saturated rings. The maximum atomic E-state index is 12.3. The number of hydrogen-bond acceptors (Lipinski definition) is 5. The molecule has 0 radical (unpaired) electrons. The zero-order valence-electron chi connectivity index (χ0n) is 18.1. The van der Waals surface area contributed by atoms with Crippen LogP contribution in [0.25, 0.3) is 22.2 Å². The lowest BCUT2D eigenvalue weighted by molar-refractivity contribution is 0.138. The van der Waals surface area contributed by atoms with Crippen molar-refractivity contribution in [2.75, 3.05) is 58.2 Å². The standard InChI is InChI=1S/C23H30N6O2/c1-3-28-12-14-29(15-13-28)11-10-24-23(30)27-21-9-8-18-19(16-25-22(18)26-21)17-6-4-5-7-20(17)31-2/h4-9,16H,3,10-15H2,1-2H3,(H3,24,25,26,27,30). The number of piperazine rings is 1. The molecule has 0 bridgehead atoms. The molecule has 0 atom stereocenters. The molecule has 1 aliphatic heterocycles. The smallest absolute Gasteiger partial charge is 0.320 e. The van der Waals surface area contributed by atoms with Crippen LogP contribution in [0, 0.1) is 0 Å². The number of nitrogens with zero attached hydrogens (tertiary/aromatic N) is 3. The molecule has 8 nitrogen and oxygen atoms in total. The molecule has 0 saturated carbocycles. The van der Waals surface area contributed by atoms with Crippen LogP contribution >= 0.6 is 0 Å². The Kier molecular flexibility index (Phi) is 6.69. The zero-order chi connectivity index (χ0) is 21.6. The average Bonchev–Trinajstić information content (AvgIpc) is 3.22. The second-order valence-electron chi connectivity index (χ2n) is 7.65. The van der Waals surface area contributed by atoms with Gasteiger partial charge in [0.15, 0.2) is 0 Å². The van der Waals surface area contributed by atoms with Gasteiger partial charge in [-0.15, -0.1) is 0 Å². The van der Waals surface area contributed by atoms with E-state index in [1.54, 1.807) is 7.11 Å². The number of fused-ring (bicyclic) bond motifs is 1. The first-order valence-electron chi connectivity index (χ1n) is 10.8. The van der Waals surface area contributed by atoms with Crippen LogP contribution in [-0.2, 0) is 0 Å². The molecular weight excluding hydrogens is 392 g/mol. The van der Waals surface area contributed by atoms with E-state index in [-0.39, 0.29) is 6.03 Å². The van der Waals surface area contributed by atoms with Crippen molar-refractivity contribution in [2.45, 2.75) is 6.92 Å². The van der Waals surface area contributed by atoms with Crippen LogP contribution in [0.5, 0.6) is 5.75 Å².